The van der Waals surface area contributed by atoms with Crippen LogP contribution in [0.4, 0.5) is 0 Å². The van der Waals surface area contributed by atoms with Crippen LogP contribution < -0.4 is 5.73 Å². The Morgan fingerprint density at radius 1 is 1.26 bits per heavy atom. The van der Waals surface area contributed by atoms with Crippen molar-refractivity contribution in [1.82, 2.24) is 0 Å². The van der Waals surface area contributed by atoms with Crippen molar-refractivity contribution in [2.24, 2.45) is 17.1 Å². The quantitative estimate of drug-likeness (QED) is 0.874. The van der Waals surface area contributed by atoms with Crippen LogP contribution in [-0.2, 0) is 6.42 Å². The summed E-state index contributed by atoms with van der Waals surface area (Å²) in [6.07, 6.45) is 5.15. The van der Waals surface area contributed by atoms with Gasteiger partial charge in [0.1, 0.15) is 0 Å². The fourth-order valence-corrected chi connectivity index (χ4v) is 3.46. The van der Waals surface area contributed by atoms with Crippen LogP contribution in [0.3, 0.4) is 0 Å². The lowest BCUT2D eigenvalue weighted by molar-refractivity contribution is -0.0901. The topological polar surface area (TPSA) is 46.2 Å². The molecular weight excluding hydrogens is 234 g/mol. The molecule has 0 spiro atoms. The van der Waals surface area contributed by atoms with Gasteiger partial charge in [0, 0.05) is 18.4 Å². The van der Waals surface area contributed by atoms with Gasteiger partial charge in [-0.1, -0.05) is 50.1 Å². The van der Waals surface area contributed by atoms with Crippen LogP contribution in [0.2, 0.25) is 0 Å². The van der Waals surface area contributed by atoms with Gasteiger partial charge in [-0.3, -0.25) is 0 Å². The summed E-state index contributed by atoms with van der Waals surface area (Å²) in [5.41, 5.74) is 6.42. The van der Waals surface area contributed by atoms with Crippen molar-refractivity contribution in [3.05, 3.63) is 35.9 Å². The highest BCUT2D eigenvalue weighted by Crippen LogP contribution is 2.46. The third-order valence-corrected chi connectivity index (χ3v) is 5.16. The number of benzene rings is 1. The zero-order valence-corrected chi connectivity index (χ0v) is 12.2. The van der Waals surface area contributed by atoms with Crippen LogP contribution in [0.15, 0.2) is 30.3 Å². The lowest BCUT2D eigenvalue weighted by atomic mass is 9.60. The minimum Gasteiger partial charge on any atom is -0.389 e. The first kappa shape index (κ1) is 14.5. The maximum atomic E-state index is 11.0. The van der Waals surface area contributed by atoms with E-state index in [1.54, 1.807) is 0 Å². The Kier molecular flexibility index (Phi) is 4.32. The third-order valence-electron chi connectivity index (χ3n) is 5.16. The Balaban J connectivity index is 2.16. The number of hydrogen-bond acceptors (Lipinski definition) is 2. The molecule has 2 nitrogen and oxygen atoms in total. The molecule has 1 aromatic carbocycles. The standard InChI is InChI=1S/C17H27NO/c1-14-8-10-17(13-18,11-9-14)16(2,19)12-15-6-4-3-5-7-15/h3-7,14,19H,8-13,18H2,1-2H3. The Labute approximate surface area is 117 Å². The summed E-state index contributed by atoms with van der Waals surface area (Å²) < 4.78 is 0. The molecule has 1 fully saturated rings. The molecule has 0 bridgehead atoms. The van der Waals surface area contributed by atoms with E-state index < -0.39 is 5.60 Å². The molecule has 0 aromatic heterocycles. The monoisotopic (exact) mass is 261 g/mol. The largest absolute Gasteiger partial charge is 0.389 e. The Morgan fingerprint density at radius 2 is 1.84 bits per heavy atom. The molecule has 0 radical (unpaired) electrons. The number of hydrogen-bond donors (Lipinski definition) is 2. The van der Waals surface area contributed by atoms with Crippen molar-refractivity contribution in [3.63, 3.8) is 0 Å². The fraction of sp³-hybridized carbons (Fsp3) is 0.647. The van der Waals surface area contributed by atoms with E-state index in [2.05, 4.69) is 19.1 Å². The second kappa shape index (κ2) is 5.64. The van der Waals surface area contributed by atoms with Gasteiger partial charge in [-0.2, -0.15) is 0 Å². The fourth-order valence-electron chi connectivity index (χ4n) is 3.46. The van der Waals surface area contributed by atoms with Crippen LogP contribution in [-0.4, -0.2) is 17.3 Å². The molecule has 19 heavy (non-hydrogen) atoms. The van der Waals surface area contributed by atoms with Gasteiger partial charge < -0.3 is 10.8 Å². The summed E-state index contributed by atoms with van der Waals surface area (Å²) in [6, 6.07) is 10.3. The molecule has 3 N–H and O–H groups in total. The van der Waals surface area contributed by atoms with Crippen molar-refractivity contribution in [2.75, 3.05) is 6.54 Å². The van der Waals surface area contributed by atoms with E-state index in [1.165, 1.54) is 18.4 Å². The summed E-state index contributed by atoms with van der Waals surface area (Å²) in [4.78, 5) is 0. The number of rotatable bonds is 4. The molecule has 0 heterocycles. The average molecular weight is 261 g/mol. The van der Waals surface area contributed by atoms with Gasteiger partial charge in [0.25, 0.3) is 0 Å². The zero-order valence-electron chi connectivity index (χ0n) is 12.2. The molecule has 2 rings (SSSR count). The normalized spacial score (nSPS) is 30.8. The van der Waals surface area contributed by atoms with Gasteiger partial charge in [-0.25, -0.2) is 0 Å². The highest BCUT2D eigenvalue weighted by atomic mass is 16.3. The van der Waals surface area contributed by atoms with Gasteiger partial charge in [0.05, 0.1) is 5.60 Å². The lowest BCUT2D eigenvalue weighted by Gasteiger charge is -2.49. The van der Waals surface area contributed by atoms with Gasteiger partial charge in [-0.05, 0) is 31.2 Å². The molecule has 0 aliphatic heterocycles. The van der Waals surface area contributed by atoms with Crippen molar-refractivity contribution < 1.29 is 5.11 Å². The van der Waals surface area contributed by atoms with E-state index in [1.807, 2.05) is 25.1 Å². The van der Waals surface area contributed by atoms with E-state index in [0.29, 0.717) is 13.0 Å². The van der Waals surface area contributed by atoms with E-state index >= 15 is 0 Å². The van der Waals surface area contributed by atoms with Gasteiger partial charge in [0.15, 0.2) is 0 Å². The Hall–Kier alpha value is -0.860. The van der Waals surface area contributed by atoms with Crippen molar-refractivity contribution in [1.29, 1.82) is 0 Å². The summed E-state index contributed by atoms with van der Waals surface area (Å²) in [6.45, 7) is 4.86. The Bertz CT molecular complexity index is 391. The first-order valence-electron chi connectivity index (χ1n) is 7.45. The maximum absolute atomic E-state index is 11.0. The third kappa shape index (κ3) is 3.01. The first-order valence-corrected chi connectivity index (χ1v) is 7.45. The predicted molar refractivity (Wildman–Crippen MR) is 79.9 cm³/mol. The number of aliphatic hydroxyl groups is 1. The van der Waals surface area contributed by atoms with Crippen LogP contribution in [0.5, 0.6) is 0 Å². The van der Waals surface area contributed by atoms with Crippen molar-refractivity contribution in [3.8, 4) is 0 Å². The number of nitrogens with two attached hydrogens (primary N) is 1. The van der Waals surface area contributed by atoms with E-state index in [4.69, 9.17) is 5.73 Å². The molecule has 0 amide bonds. The first-order chi connectivity index (χ1) is 8.99. The minimum atomic E-state index is -0.719. The van der Waals surface area contributed by atoms with Crippen LogP contribution in [0, 0.1) is 11.3 Å². The molecule has 1 saturated carbocycles. The highest BCUT2D eigenvalue weighted by molar-refractivity contribution is 5.18. The van der Waals surface area contributed by atoms with Gasteiger partial charge in [0.2, 0.25) is 0 Å². The van der Waals surface area contributed by atoms with E-state index in [0.717, 1.165) is 18.8 Å². The van der Waals surface area contributed by atoms with E-state index in [-0.39, 0.29) is 5.41 Å². The van der Waals surface area contributed by atoms with Crippen molar-refractivity contribution in [2.45, 2.75) is 51.6 Å². The molecule has 1 aliphatic carbocycles. The summed E-state index contributed by atoms with van der Waals surface area (Å²) >= 11 is 0. The molecule has 106 valence electrons. The molecule has 1 atom stereocenters. The minimum absolute atomic E-state index is 0.116. The molecule has 0 saturated heterocycles. The SMILES string of the molecule is CC1CCC(CN)(C(C)(O)Cc2ccccc2)CC1. The zero-order chi connectivity index (χ0) is 13.9. The summed E-state index contributed by atoms with van der Waals surface area (Å²) in [7, 11) is 0. The summed E-state index contributed by atoms with van der Waals surface area (Å²) in [5.74, 6) is 0.771. The van der Waals surface area contributed by atoms with Crippen LogP contribution in [0.1, 0.15) is 45.1 Å². The molecule has 1 aromatic rings. The highest BCUT2D eigenvalue weighted by Gasteiger charge is 2.47. The lowest BCUT2D eigenvalue weighted by Crippen LogP contribution is -2.53. The second-order valence-corrected chi connectivity index (χ2v) is 6.60. The molecule has 1 aliphatic rings. The van der Waals surface area contributed by atoms with Crippen molar-refractivity contribution >= 4 is 0 Å². The van der Waals surface area contributed by atoms with Gasteiger partial charge >= 0.3 is 0 Å². The average Bonchev–Trinajstić information content (AvgIpc) is 2.40. The summed E-state index contributed by atoms with van der Waals surface area (Å²) in [5, 5.41) is 11.0. The van der Waals surface area contributed by atoms with E-state index in [9.17, 15) is 5.11 Å². The second-order valence-electron chi connectivity index (χ2n) is 6.60. The predicted octanol–water partition coefficient (Wildman–Crippen LogP) is 3.14. The maximum Gasteiger partial charge on any atom is 0.0727 e. The van der Waals surface area contributed by atoms with Crippen LogP contribution in [0.25, 0.3) is 0 Å². The molecular formula is C17H27NO. The van der Waals surface area contributed by atoms with Crippen LogP contribution >= 0.6 is 0 Å². The molecule has 2 heteroatoms. The Morgan fingerprint density at radius 3 is 2.37 bits per heavy atom. The molecule has 1 unspecified atom stereocenters. The van der Waals surface area contributed by atoms with Gasteiger partial charge in [-0.15, -0.1) is 0 Å². The smallest absolute Gasteiger partial charge is 0.0727 e.